The van der Waals surface area contributed by atoms with Crippen molar-refractivity contribution in [1.82, 2.24) is 4.90 Å². The summed E-state index contributed by atoms with van der Waals surface area (Å²) in [6.45, 7) is 0.744. The normalized spacial score (nSPS) is 10.5. The van der Waals surface area contributed by atoms with Gasteiger partial charge in [-0.3, -0.25) is 9.59 Å². The summed E-state index contributed by atoms with van der Waals surface area (Å²) in [5.74, 6) is 0.680. The van der Waals surface area contributed by atoms with Crippen molar-refractivity contribution < 1.29 is 19.1 Å². The molecule has 0 saturated heterocycles. The smallest absolute Gasteiger partial charge is 0.255 e. The average molecular weight is 354 g/mol. The fourth-order valence-corrected chi connectivity index (χ4v) is 2.05. The molecular formula is C20H22N2O4. The van der Waals surface area contributed by atoms with E-state index < -0.39 is 5.91 Å². The van der Waals surface area contributed by atoms with Gasteiger partial charge in [0.1, 0.15) is 18.1 Å². The summed E-state index contributed by atoms with van der Waals surface area (Å²) in [5.41, 5.74) is 5.87. The van der Waals surface area contributed by atoms with Gasteiger partial charge >= 0.3 is 0 Å². The molecule has 0 aliphatic carbocycles. The van der Waals surface area contributed by atoms with Gasteiger partial charge in [-0.05, 0) is 35.9 Å². The molecule has 0 saturated carbocycles. The zero-order valence-corrected chi connectivity index (χ0v) is 14.6. The van der Waals surface area contributed by atoms with Gasteiger partial charge in [0.25, 0.3) is 5.91 Å². The Morgan fingerprint density at radius 1 is 1.00 bits per heavy atom. The van der Waals surface area contributed by atoms with Crippen LogP contribution in [0.15, 0.2) is 60.7 Å². The van der Waals surface area contributed by atoms with Gasteiger partial charge in [0.15, 0.2) is 6.61 Å². The van der Waals surface area contributed by atoms with Crippen LogP contribution in [0, 0.1) is 0 Å². The van der Waals surface area contributed by atoms with E-state index in [0.29, 0.717) is 18.9 Å². The van der Waals surface area contributed by atoms with E-state index in [1.54, 1.807) is 42.3 Å². The summed E-state index contributed by atoms with van der Waals surface area (Å²) in [6.07, 6.45) is 3.22. The number of carbonyl (C=O) groups is 2. The minimum atomic E-state index is -0.529. The van der Waals surface area contributed by atoms with E-state index in [4.69, 9.17) is 15.2 Å². The second-order valence-electron chi connectivity index (χ2n) is 5.58. The van der Waals surface area contributed by atoms with Crippen LogP contribution in [-0.2, 0) is 9.59 Å². The largest absolute Gasteiger partial charge is 0.492 e. The molecule has 0 radical (unpaired) electrons. The Labute approximate surface area is 152 Å². The first-order valence-electron chi connectivity index (χ1n) is 8.17. The Kier molecular flexibility index (Phi) is 7.24. The van der Waals surface area contributed by atoms with Crippen molar-refractivity contribution in [3.05, 3.63) is 66.2 Å². The van der Waals surface area contributed by atoms with Gasteiger partial charge in [0.2, 0.25) is 5.91 Å². The predicted molar refractivity (Wildman–Crippen MR) is 99.7 cm³/mol. The van der Waals surface area contributed by atoms with Crippen molar-refractivity contribution in [2.45, 2.75) is 0 Å². The van der Waals surface area contributed by atoms with Crippen molar-refractivity contribution >= 4 is 17.9 Å². The quantitative estimate of drug-likeness (QED) is 0.699. The Bertz CT molecular complexity index is 742. The van der Waals surface area contributed by atoms with Crippen LogP contribution in [0.3, 0.4) is 0 Å². The second kappa shape index (κ2) is 9.88. The number of rotatable bonds is 9. The van der Waals surface area contributed by atoms with Crippen LogP contribution in [0.4, 0.5) is 0 Å². The van der Waals surface area contributed by atoms with E-state index in [-0.39, 0.29) is 12.5 Å². The molecule has 0 aromatic heterocycles. The Morgan fingerprint density at radius 3 is 2.31 bits per heavy atom. The minimum Gasteiger partial charge on any atom is -0.492 e. The van der Waals surface area contributed by atoms with Crippen LogP contribution in [0.25, 0.3) is 6.08 Å². The number of hydrogen-bond donors (Lipinski definition) is 1. The number of ether oxygens (including phenoxy) is 2. The highest BCUT2D eigenvalue weighted by molar-refractivity contribution is 5.91. The first-order valence-corrected chi connectivity index (χ1v) is 8.17. The van der Waals surface area contributed by atoms with Crippen LogP contribution < -0.4 is 15.2 Å². The lowest BCUT2D eigenvalue weighted by atomic mass is 10.2. The first kappa shape index (κ1) is 19.1. The summed E-state index contributed by atoms with van der Waals surface area (Å²) >= 11 is 0. The molecule has 2 amide bonds. The monoisotopic (exact) mass is 354 g/mol. The zero-order chi connectivity index (χ0) is 18.8. The molecule has 26 heavy (non-hydrogen) atoms. The lowest BCUT2D eigenvalue weighted by Gasteiger charge is -2.15. The number of hydrogen-bond acceptors (Lipinski definition) is 4. The summed E-state index contributed by atoms with van der Waals surface area (Å²) in [5, 5.41) is 0. The molecule has 6 heteroatoms. The molecule has 0 bridgehead atoms. The molecule has 0 aliphatic heterocycles. The molecule has 136 valence electrons. The molecule has 0 heterocycles. The maximum Gasteiger partial charge on any atom is 0.255 e. The summed E-state index contributed by atoms with van der Waals surface area (Å²) in [4.78, 5) is 24.4. The van der Waals surface area contributed by atoms with Crippen molar-refractivity contribution in [2.24, 2.45) is 5.73 Å². The third kappa shape index (κ3) is 6.68. The van der Waals surface area contributed by atoms with Crippen molar-refractivity contribution in [2.75, 3.05) is 26.8 Å². The zero-order valence-electron chi connectivity index (χ0n) is 14.6. The highest BCUT2D eigenvalue weighted by Crippen LogP contribution is 2.13. The van der Waals surface area contributed by atoms with Gasteiger partial charge in [-0.15, -0.1) is 0 Å². The number of nitrogens with zero attached hydrogens (tertiary/aromatic N) is 1. The molecule has 2 rings (SSSR count). The summed E-state index contributed by atoms with van der Waals surface area (Å²) in [7, 11) is 1.72. The molecule has 0 aliphatic rings. The number of para-hydroxylation sites is 1. The molecule has 2 aromatic carbocycles. The van der Waals surface area contributed by atoms with Crippen LogP contribution >= 0.6 is 0 Å². The topological polar surface area (TPSA) is 81.9 Å². The Balaban J connectivity index is 1.77. The Morgan fingerprint density at radius 2 is 1.65 bits per heavy atom. The molecule has 2 N–H and O–H groups in total. The van der Waals surface area contributed by atoms with Crippen LogP contribution in [0.2, 0.25) is 0 Å². The van der Waals surface area contributed by atoms with E-state index in [1.165, 1.54) is 6.08 Å². The van der Waals surface area contributed by atoms with Gasteiger partial charge < -0.3 is 20.1 Å². The summed E-state index contributed by atoms with van der Waals surface area (Å²) < 4.78 is 10.8. The van der Waals surface area contributed by atoms with E-state index in [0.717, 1.165) is 11.3 Å². The summed E-state index contributed by atoms with van der Waals surface area (Å²) in [6, 6.07) is 16.5. The van der Waals surface area contributed by atoms with Gasteiger partial charge in [-0.2, -0.15) is 0 Å². The van der Waals surface area contributed by atoms with Crippen molar-refractivity contribution in [1.29, 1.82) is 0 Å². The first-order chi connectivity index (χ1) is 12.5. The maximum atomic E-state index is 12.1. The molecule has 0 fully saturated rings. The van der Waals surface area contributed by atoms with E-state index in [1.807, 2.05) is 30.3 Å². The number of carbonyl (C=O) groups excluding carboxylic acids is 2. The second-order valence-corrected chi connectivity index (χ2v) is 5.58. The number of amides is 2. The number of likely N-dealkylation sites (N-methyl/N-ethyl adjacent to an activating group) is 1. The number of primary amides is 1. The van der Waals surface area contributed by atoms with Gasteiger partial charge in [0, 0.05) is 13.1 Å². The van der Waals surface area contributed by atoms with Crippen LogP contribution in [0.5, 0.6) is 11.5 Å². The van der Waals surface area contributed by atoms with Gasteiger partial charge in [-0.25, -0.2) is 0 Å². The number of benzene rings is 2. The maximum absolute atomic E-state index is 12.1. The van der Waals surface area contributed by atoms with E-state index in [2.05, 4.69) is 0 Å². The van der Waals surface area contributed by atoms with Crippen molar-refractivity contribution in [3.63, 3.8) is 0 Å². The highest BCUT2D eigenvalue weighted by atomic mass is 16.5. The molecule has 0 atom stereocenters. The van der Waals surface area contributed by atoms with Gasteiger partial charge in [0.05, 0.1) is 6.54 Å². The lowest BCUT2D eigenvalue weighted by molar-refractivity contribution is -0.125. The van der Waals surface area contributed by atoms with E-state index >= 15 is 0 Å². The fraction of sp³-hybridized carbons (Fsp3) is 0.200. The lowest BCUT2D eigenvalue weighted by Crippen LogP contribution is -2.29. The fourth-order valence-electron chi connectivity index (χ4n) is 2.05. The third-order valence-corrected chi connectivity index (χ3v) is 3.49. The predicted octanol–water partition coefficient (Wildman–Crippen LogP) is 2.10. The van der Waals surface area contributed by atoms with Crippen LogP contribution in [-0.4, -0.2) is 43.5 Å². The van der Waals surface area contributed by atoms with Gasteiger partial charge in [-0.1, -0.05) is 30.3 Å². The molecule has 6 nitrogen and oxygen atoms in total. The molecule has 0 spiro atoms. The average Bonchev–Trinajstić information content (AvgIpc) is 2.66. The number of nitrogens with two attached hydrogens (primary N) is 1. The minimum absolute atomic E-state index is 0.115. The SMILES string of the molecule is CN(CCOc1ccccc1)C(=O)/C=C/c1ccc(OCC(N)=O)cc1. The molecule has 0 unspecified atom stereocenters. The van der Waals surface area contributed by atoms with Crippen LogP contribution in [0.1, 0.15) is 5.56 Å². The molecule has 2 aromatic rings. The molecular weight excluding hydrogens is 332 g/mol. The van der Waals surface area contributed by atoms with E-state index in [9.17, 15) is 9.59 Å². The third-order valence-electron chi connectivity index (χ3n) is 3.49. The van der Waals surface area contributed by atoms with Crippen molar-refractivity contribution in [3.8, 4) is 11.5 Å². The highest BCUT2D eigenvalue weighted by Gasteiger charge is 2.05. The standard InChI is InChI=1S/C20H22N2O4/c1-22(13-14-25-17-5-3-2-4-6-17)20(24)12-9-16-7-10-18(11-8-16)26-15-19(21)23/h2-12H,13-15H2,1H3,(H2,21,23)/b12-9+. The Hall–Kier alpha value is -3.28.